The first-order valence-electron chi connectivity index (χ1n) is 9.08. The van der Waals surface area contributed by atoms with E-state index in [-0.39, 0.29) is 0 Å². The molecule has 136 valence electrons. The summed E-state index contributed by atoms with van der Waals surface area (Å²) >= 11 is 0. The first kappa shape index (κ1) is 19.3. The second-order valence-corrected chi connectivity index (χ2v) is 9.19. The van der Waals surface area contributed by atoms with E-state index in [0.717, 1.165) is 37.0 Å². The SMILES string of the molecule is CCCCCOc1ccc(S(=O)(=O)N2C[C@H](C)C[C@@H](C)C2)cc1C. The lowest BCUT2D eigenvalue weighted by atomic mass is 9.94. The Bertz CT molecular complexity index is 632. The Morgan fingerprint density at radius 1 is 1.17 bits per heavy atom. The van der Waals surface area contributed by atoms with Crippen LogP contribution >= 0.6 is 0 Å². The van der Waals surface area contributed by atoms with Crippen LogP contribution in [0.25, 0.3) is 0 Å². The molecule has 2 atom stereocenters. The van der Waals surface area contributed by atoms with Gasteiger partial charge in [-0.1, -0.05) is 33.6 Å². The fourth-order valence-corrected chi connectivity index (χ4v) is 5.19. The molecule has 0 spiro atoms. The van der Waals surface area contributed by atoms with Crippen molar-refractivity contribution in [3.05, 3.63) is 23.8 Å². The minimum atomic E-state index is -3.42. The Hall–Kier alpha value is -1.07. The molecular weight excluding hydrogens is 322 g/mol. The smallest absolute Gasteiger partial charge is 0.243 e. The lowest BCUT2D eigenvalue weighted by Gasteiger charge is -2.34. The molecule has 1 saturated heterocycles. The molecular formula is C19H31NO3S. The fourth-order valence-electron chi connectivity index (χ4n) is 3.43. The molecule has 0 unspecified atom stereocenters. The molecule has 4 nitrogen and oxygen atoms in total. The number of rotatable bonds is 7. The van der Waals surface area contributed by atoms with Crippen LogP contribution in [0.4, 0.5) is 0 Å². The molecule has 0 aromatic heterocycles. The van der Waals surface area contributed by atoms with Crippen LogP contribution in [0.3, 0.4) is 0 Å². The van der Waals surface area contributed by atoms with Gasteiger partial charge in [0.1, 0.15) is 5.75 Å². The maximum absolute atomic E-state index is 12.9. The maximum atomic E-state index is 12.9. The molecule has 1 aromatic carbocycles. The van der Waals surface area contributed by atoms with E-state index in [9.17, 15) is 8.42 Å². The van der Waals surface area contributed by atoms with Crippen molar-refractivity contribution < 1.29 is 13.2 Å². The van der Waals surface area contributed by atoms with Gasteiger partial charge in [-0.15, -0.1) is 0 Å². The second kappa shape index (κ2) is 8.34. The molecule has 0 amide bonds. The van der Waals surface area contributed by atoms with E-state index in [0.29, 0.717) is 36.4 Å². The van der Waals surface area contributed by atoms with Crippen LogP contribution in [0, 0.1) is 18.8 Å². The third-order valence-electron chi connectivity index (χ3n) is 4.62. The standard InChI is InChI=1S/C19H31NO3S/c1-5-6-7-10-23-19-9-8-18(12-17(19)4)24(21,22)20-13-15(2)11-16(3)14-20/h8-9,12,15-16H,5-7,10-11,13-14H2,1-4H3/t15-,16-/m1/s1. The first-order chi connectivity index (χ1) is 11.3. The lowest BCUT2D eigenvalue weighted by Crippen LogP contribution is -2.42. The number of aryl methyl sites for hydroxylation is 1. The van der Waals surface area contributed by atoms with Crippen LogP contribution < -0.4 is 4.74 Å². The molecule has 24 heavy (non-hydrogen) atoms. The van der Waals surface area contributed by atoms with E-state index in [4.69, 9.17) is 4.74 Å². The first-order valence-corrected chi connectivity index (χ1v) is 10.5. The highest BCUT2D eigenvalue weighted by Crippen LogP contribution is 2.29. The molecule has 5 heteroatoms. The molecule has 1 heterocycles. The van der Waals surface area contributed by atoms with Crippen molar-refractivity contribution in [1.82, 2.24) is 4.31 Å². The number of ether oxygens (including phenoxy) is 1. The Kier molecular flexibility index (Phi) is 6.70. The van der Waals surface area contributed by atoms with Crippen molar-refractivity contribution in [3.63, 3.8) is 0 Å². The highest BCUT2D eigenvalue weighted by atomic mass is 32.2. The third kappa shape index (κ3) is 4.73. The van der Waals surface area contributed by atoms with Crippen LogP contribution in [0.2, 0.25) is 0 Å². The van der Waals surface area contributed by atoms with Crippen LogP contribution in [0.15, 0.2) is 23.1 Å². The summed E-state index contributed by atoms with van der Waals surface area (Å²) in [7, 11) is -3.42. The van der Waals surface area contributed by atoms with Gasteiger partial charge in [0.15, 0.2) is 0 Å². The zero-order valence-electron chi connectivity index (χ0n) is 15.4. The van der Waals surface area contributed by atoms with Gasteiger partial charge in [-0.2, -0.15) is 4.31 Å². The zero-order chi connectivity index (χ0) is 17.7. The molecule has 1 fully saturated rings. The number of sulfonamides is 1. The highest BCUT2D eigenvalue weighted by molar-refractivity contribution is 7.89. The van der Waals surface area contributed by atoms with Crippen molar-refractivity contribution in [2.24, 2.45) is 11.8 Å². The minimum absolute atomic E-state index is 0.377. The average Bonchev–Trinajstić information content (AvgIpc) is 2.51. The molecule has 0 radical (unpaired) electrons. The van der Waals surface area contributed by atoms with Gasteiger partial charge >= 0.3 is 0 Å². The quantitative estimate of drug-likeness (QED) is 0.689. The molecule has 1 aliphatic rings. The molecule has 1 aromatic rings. The van der Waals surface area contributed by atoms with Gasteiger partial charge in [0.2, 0.25) is 10.0 Å². The largest absolute Gasteiger partial charge is 0.493 e. The predicted octanol–water partition coefficient (Wildman–Crippen LogP) is 4.23. The van der Waals surface area contributed by atoms with E-state index in [1.165, 1.54) is 0 Å². The normalized spacial score (nSPS) is 22.5. The monoisotopic (exact) mass is 353 g/mol. The lowest BCUT2D eigenvalue weighted by molar-refractivity contribution is 0.222. The number of unbranched alkanes of at least 4 members (excludes halogenated alkanes) is 2. The van der Waals surface area contributed by atoms with Crippen molar-refractivity contribution in [2.45, 2.75) is 58.3 Å². The van der Waals surface area contributed by atoms with E-state index < -0.39 is 10.0 Å². The fraction of sp³-hybridized carbons (Fsp3) is 0.684. The van der Waals surface area contributed by atoms with Gasteiger partial charge < -0.3 is 4.74 Å². The van der Waals surface area contributed by atoms with E-state index in [1.54, 1.807) is 22.5 Å². The van der Waals surface area contributed by atoms with Gasteiger partial charge in [0, 0.05) is 13.1 Å². The molecule has 0 aliphatic carbocycles. The summed E-state index contributed by atoms with van der Waals surface area (Å²) in [4.78, 5) is 0.377. The average molecular weight is 354 g/mol. The summed E-state index contributed by atoms with van der Waals surface area (Å²) in [5, 5.41) is 0. The summed E-state index contributed by atoms with van der Waals surface area (Å²) < 4.78 is 33.3. The molecule has 2 rings (SSSR count). The van der Waals surface area contributed by atoms with Crippen LogP contribution in [0.5, 0.6) is 5.75 Å². The number of piperidine rings is 1. The van der Waals surface area contributed by atoms with Gasteiger partial charge in [-0.3, -0.25) is 0 Å². The van der Waals surface area contributed by atoms with Crippen molar-refractivity contribution in [3.8, 4) is 5.75 Å². The van der Waals surface area contributed by atoms with Crippen molar-refractivity contribution in [1.29, 1.82) is 0 Å². The molecule has 0 saturated carbocycles. The van der Waals surface area contributed by atoms with Gasteiger partial charge in [-0.25, -0.2) is 8.42 Å². The van der Waals surface area contributed by atoms with Crippen molar-refractivity contribution in [2.75, 3.05) is 19.7 Å². The number of hydrogen-bond acceptors (Lipinski definition) is 3. The maximum Gasteiger partial charge on any atom is 0.243 e. The van der Waals surface area contributed by atoms with Gasteiger partial charge in [0.05, 0.1) is 11.5 Å². The van der Waals surface area contributed by atoms with Gasteiger partial charge in [-0.05, 0) is 55.4 Å². The van der Waals surface area contributed by atoms with Crippen LogP contribution in [-0.4, -0.2) is 32.4 Å². The van der Waals surface area contributed by atoms with Crippen LogP contribution in [-0.2, 0) is 10.0 Å². The number of benzene rings is 1. The third-order valence-corrected chi connectivity index (χ3v) is 6.45. The summed E-state index contributed by atoms with van der Waals surface area (Å²) in [6.07, 6.45) is 4.43. The number of nitrogens with zero attached hydrogens (tertiary/aromatic N) is 1. The Labute approximate surface area is 147 Å². The topological polar surface area (TPSA) is 46.6 Å². The number of hydrogen-bond donors (Lipinski definition) is 0. The van der Waals surface area contributed by atoms with Crippen LogP contribution in [0.1, 0.15) is 52.0 Å². The molecule has 0 N–H and O–H groups in total. The minimum Gasteiger partial charge on any atom is -0.493 e. The summed E-state index contributed by atoms with van der Waals surface area (Å²) in [6.45, 7) is 10.2. The van der Waals surface area contributed by atoms with E-state index >= 15 is 0 Å². The highest BCUT2D eigenvalue weighted by Gasteiger charge is 2.31. The second-order valence-electron chi connectivity index (χ2n) is 7.25. The van der Waals surface area contributed by atoms with Gasteiger partial charge in [0.25, 0.3) is 0 Å². The molecule has 0 bridgehead atoms. The van der Waals surface area contributed by atoms with Crippen molar-refractivity contribution >= 4 is 10.0 Å². The zero-order valence-corrected chi connectivity index (χ0v) is 16.2. The Morgan fingerprint density at radius 3 is 2.42 bits per heavy atom. The molecule has 1 aliphatic heterocycles. The van der Waals surface area contributed by atoms with E-state index in [1.807, 2.05) is 6.92 Å². The summed E-state index contributed by atoms with van der Waals surface area (Å²) in [6, 6.07) is 5.22. The Morgan fingerprint density at radius 2 is 1.83 bits per heavy atom. The van der Waals surface area contributed by atoms with E-state index in [2.05, 4.69) is 20.8 Å². The Balaban J connectivity index is 2.12. The summed E-state index contributed by atoms with van der Waals surface area (Å²) in [5.41, 5.74) is 0.880. The predicted molar refractivity (Wildman–Crippen MR) is 97.9 cm³/mol. The summed E-state index contributed by atoms with van der Waals surface area (Å²) in [5.74, 6) is 1.60.